The number of hydrogen-bond acceptors (Lipinski definition) is 10. The molecular weight excluding hydrogens is 667 g/mol. The summed E-state index contributed by atoms with van der Waals surface area (Å²) in [6.45, 7) is 10.2. The van der Waals surface area contributed by atoms with E-state index in [4.69, 9.17) is 14.2 Å². The maximum atomic E-state index is 13.5. The van der Waals surface area contributed by atoms with Crippen molar-refractivity contribution in [3.8, 4) is 11.1 Å². The van der Waals surface area contributed by atoms with Crippen LogP contribution in [-0.4, -0.2) is 90.1 Å². The second-order valence-electron chi connectivity index (χ2n) is 13.8. The van der Waals surface area contributed by atoms with Crippen molar-refractivity contribution in [2.45, 2.75) is 94.9 Å². The van der Waals surface area contributed by atoms with E-state index in [0.29, 0.717) is 12.8 Å². The first-order valence-corrected chi connectivity index (χ1v) is 19.0. The summed E-state index contributed by atoms with van der Waals surface area (Å²) in [5.74, 6) is -1.33. The second kappa shape index (κ2) is 17.6. The normalized spacial score (nSPS) is 20.0. The molecular formula is C36H49N3O8S2. The number of rotatable bonds is 14. The second-order valence-corrected chi connectivity index (χ2v) is 17.0. The van der Waals surface area contributed by atoms with Crippen LogP contribution >= 0.6 is 21.6 Å². The average Bonchev–Trinajstić information content (AvgIpc) is 3.38. The van der Waals surface area contributed by atoms with Crippen molar-refractivity contribution in [2.24, 2.45) is 5.92 Å². The molecule has 3 amide bonds. The van der Waals surface area contributed by atoms with Crippen LogP contribution in [-0.2, 0) is 28.6 Å². The molecule has 2 aromatic carbocycles. The van der Waals surface area contributed by atoms with E-state index in [1.54, 1.807) is 10.8 Å². The number of ether oxygens (including phenoxy) is 3. The quantitative estimate of drug-likeness (QED) is 0.159. The fourth-order valence-electron chi connectivity index (χ4n) is 5.92. The Balaban J connectivity index is 1.35. The van der Waals surface area contributed by atoms with E-state index >= 15 is 0 Å². The van der Waals surface area contributed by atoms with E-state index < -0.39 is 54.3 Å². The number of esters is 1. The summed E-state index contributed by atoms with van der Waals surface area (Å²) in [6.07, 6.45) is -2.52. The van der Waals surface area contributed by atoms with Gasteiger partial charge in [0.25, 0.3) is 5.91 Å². The Morgan fingerprint density at radius 2 is 1.59 bits per heavy atom. The number of aliphatic hydroxyl groups excluding tert-OH is 1. The molecule has 1 fully saturated rings. The van der Waals surface area contributed by atoms with Gasteiger partial charge in [-0.25, -0.2) is 9.59 Å². The van der Waals surface area contributed by atoms with Gasteiger partial charge in [-0.1, -0.05) is 105 Å². The first kappa shape index (κ1) is 38.5. The molecule has 13 heteroatoms. The Morgan fingerprint density at radius 1 is 0.959 bits per heavy atom. The van der Waals surface area contributed by atoms with Crippen molar-refractivity contribution < 1.29 is 38.5 Å². The summed E-state index contributed by atoms with van der Waals surface area (Å²) in [6, 6.07) is 14.4. The van der Waals surface area contributed by atoms with Crippen molar-refractivity contribution in [1.82, 2.24) is 16.0 Å². The van der Waals surface area contributed by atoms with Gasteiger partial charge < -0.3 is 35.3 Å². The van der Waals surface area contributed by atoms with E-state index in [0.717, 1.165) is 22.3 Å². The van der Waals surface area contributed by atoms with Crippen LogP contribution in [0.5, 0.6) is 0 Å². The van der Waals surface area contributed by atoms with E-state index in [1.165, 1.54) is 17.9 Å². The summed E-state index contributed by atoms with van der Waals surface area (Å²) >= 11 is 0. The average molecular weight is 716 g/mol. The highest BCUT2D eigenvalue weighted by molar-refractivity contribution is 8.77. The molecule has 1 heterocycles. The number of methoxy groups -OCH3 is 1. The standard InChI is InChI=1S/C36H49N3O8S2/c1-21(2)17-28(34(43)45-6)38-33(42)31-30(40)16-15-22(47-31)18-37-32(41)29(20-48-49-36(3,4)5)39-35(44)46-19-27-25-13-9-7-11-23(25)24-12-8-10-14-26(24)27/h7-14,21-22,27-31,40H,15-20H2,1-6H3,(H,37,41)(H,38,42)(H,39,44)/t22-,28+,29-,30-,31-/m0/s1. The van der Waals surface area contributed by atoms with Gasteiger partial charge in [-0.3, -0.25) is 9.59 Å². The summed E-state index contributed by atoms with van der Waals surface area (Å²) in [5.41, 5.74) is 4.42. The first-order valence-electron chi connectivity index (χ1n) is 16.7. The lowest BCUT2D eigenvalue weighted by molar-refractivity contribution is -0.161. The first-order chi connectivity index (χ1) is 23.3. The van der Waals surface area contributed by atoms with Gasteiger partial charge in [0, 0.05) is 23.0 Å². The minimum atomic E-state index is -1.22. The molecule has 0 spiro atoms. The van der Waals surface area contributed by atoms with Gasteiger partial charge in [-0.05, 0) is 47.4 Å². The summed E-state index contributed by atoms with van der Waals surface area (Å²) in [4.78, 5) is 51.9. The molecule has 49 heavy (non-hydrogen) atoms. The summed E-state index contributed by atoms with van der Waals surface area (Å²) in [7, 11) is 4.33. The van der Waals surface area contributed by atoms with Gasteiger partial charge in [0.05, 0.1) is 19.3 Å². The Bertz CT molecular complexity index is 1420. The smallest absolute Gasteiger partial charge is 0.407 e. The molecule has 268 valence electrons. The molecule has 11 nitrogen and oxygen atoms in total. The summed E-state index contributed by atoms with van der Waals surface area (Å²) < 4.78 is 16.4. The molecule has 2 aromatic rings. The molecule has 0 aromatic heterocycles. The molecule has 1 saturated heterocycles. The molecule has 0 radical (unpaired) electrons. The minimum absolute atomic E-state index is 0.0572. The Labute approximate surface area is 296 Å². The Hall–Kier alpha value is -3.26. The van der Waals surface area contributed by atoms with Crippen LogP contribution < -0.4 is 16.0 Å². The van der Waals surface area contributed by atoms with Crippen LogP contribution in [0, 0.1) is 5.92 Å². The van der Waals surface area contributed by atoms with Gasteiger partial charge >= 0.3 is 12.1 Å². The number of fused-ring (bicyclic) bond motifs is 3. The van der Waals surface area contributed by atoms with Crippen molar-refractivity contribution in [3.05, 3.63) is 59.7 Å². The third-order valence-corrected chi connectivity index (χ3v) is 11.6. The predicted molar refractivity (Wildman–Crippen MR) is 192 cm³/mol. The van der Waals surface area contributed by atoms with Crippen LogP contribution in [0.2, 0.25) is 0 Å². The predicted octanol–water partition coefficient (Wildman–Crippen LogP) is 4.80. The zero-order chi connectivity index (χ0) is 35.7. The zero-order valence-corrected chi connectivity index (χ0v) is 30.7. The molecule has 4 rings (SSSR count). The lowest BCUT2D eigenvalue weighted by Gasteiger charge is -2.34. The van der Waals surface area contributed by atoms with Crippen LogP contribution in [0.15, 0.2) is 48.5 Å². The third-order valence-electron chi connectivity index (χ3n) is 8.24. The Morgan fingerprint density at radius 3 is 2.18 bits per heavy atom. The molecule has 1 aliphatic heterocycles. The number of nitrogens with one attached hydrogen (secondary N) is 3. The fraction of sp³-hybridized carbons (Fsp3) is 0.556. The number of alkyl carbamates (subject to hydrolysis) is 1. The highest BCUT2D eigenvalue weighted by Gasteiger charge is 2.38. The summed E-state index contributed by atoms with van der Waals surface area (Å²) in [5, 5.41) is 18.8. The van der Waals surface area contributed by atoms with Gasteiger partial charge in [0.2, 0.25) is 5.91 Å². The number of carbonyl (C=O) groups is 4. The minimum Gasteiger partial charge on any atom is -0.467 e. The monoisotopic (exact) mass is 715 g/mol. The van der Waals surface area contributed by atoms with Gasteiger partial charge in [0.1, 0.15) is 18.7 Å². The number of carbonyl (C=O) groups excluding carboxylic acids is 4. The highest BCUT2D eigenvalue weighted by atomic mass is 33.1. The highest BCUT2D eigenvalue weighted by Crippen LogP contribution is 2.44. The lowest BCUT2D eigenvalue weighted by Crippen LogP contribution is -2.55. The van der Waals surface area contributed by atoms with Crippen molar-refractivity contribution in [3.63, 3.8) is 0 Å². The van der Waals surface area contributed by atoms with E-state index in [-0.39, 0.29) is 41.9 Å². The fourth-order valence-corrected chi connectivity index (χ4v) is 8.39. The molecule has 0 bridgehead atoms. The largest absolute Gasteiger partial charge is 0.467 e. The van der Waals surface area contributed by atoms with Gasteiger partial charge in [-0.15, -0.1) is 0 Å². The molecule has 0 saturated carbocycles. The number of benzene rings is 2. The van der Waals surface area contributed by atoms with E-state index in [9.17, 15) is 24.3 Å². The molecule has 1 aliphatic carbocycles. The van der Waals surface area contributed by atoms with Gasteiger partial charge in [0.15, 0.2) is 6.10 Å². The van der Waals surface area contributed by atoms with Crippen LogP contribution in [0.4, 0.5) is 4.79 Å². The topological polar surface area (TPSA) is 152 Å². The Kier molecular flexibility index (Phi) is 13.8. The molecule has 4 N–H and O–H groups in total. The number of amides is 3. The SMILES string of the molecule is COC(=O)[C@@H](CC(C)C)NC(=O)[C@H]1O[C@H](CNC(=O)[C@H](CSSC(C)(C)C)NC(=O)OCC2c3ccccc3-c3ccccc32)CC[C@@H]1O. The maximum absolute atomic E-state index is 13.5. The zero-order valence-electron chi connectivity index (χ0n) is 29.0. The lowest BCUT2D eigenvalue weighted by atomic mass is 9.98. The molecule has 0 unspecified atom stereocenters. The molecule has 2 aliphatic rings. The van der Waals surface area contributed by atoms with Gasteiger partial charge in [-0.2, -0.15) is 0 Å². The number of aliphatic hydroxyl groups is 1. The number of hydrogen-bond donors (Lipinski definition) is 4. The third kappa shape index (κ3) is 10.9. The van der Waals surface area contributed by atoms with E-state index in [2.05, 4.69) is 48.9 Å². The van der Waals surface area contributed by atoms with Crippen LogP contribution in [0.25, 0.3) is 11.1 Å². The molecule has 5 atom stereocenters. The van der Waals surface area contributed by atoms with Crippen molar-refractivity contribution in [2.75, 3.05) is 26.0 Å². The van der Waals surface area contributed by atoms with Crippen molar-refractivity contribution >= 4 is 45.5 Å². The van der Waals surface area contributed by atoms with E-state index in [1.807, 2.05) is 50.2 Å². The van der Waals surface area contributed by atoms with Crippen LogP contribution in [0.1, 0.15) is 70.9 Å². The van der Waals surface area contributed by atoms with Crippen LogP contribution in [0.3, 0.4) is 0 Å². The van der Waals surface area contributed by atoms with Crippen molar-refractivity contribution in [1.29, 1.82) is 0 Å². The maximum Gasteiger partial charge on any atom is 0.407 e.